The Kier molecular flexibility index (Phi) is 7.55. The fourth-order valence-electron chi connectivity index (χ4n) is 2.33. The summed E-state index contributed by atoms with van der Waals surface area (Å²) in [6.07, 6.45) is 0.416. The Bertz CT molecular complexity index is 919. The highest BCUT2D eigenvalue weighted by Crippen LogP contribution is 2.25. The zero-order chi connectivity index (χ0) is 20.0. The molecule has 0 aliphatic rings. The molecule has 9 heteroatoms. The zero-order valence-electron chi connectivity index (χ0n) is 15.1. The van der Waals surface area contributed by atoms with Crippen molar-refractivity contribution in [2.45, 2.75) is 36.9 Å². The molecule has 146 valence electrons. The van der Waals surface area contributed by atoms with Crippen molar-refractivity contribution in [1.29, 1.82) is 0 Å². The molecular weight excluding hydrogens is 406 g/mol. The van der Waals surface area contributed by atoms with Gasteiger partial charge in [-0.25, -0.2) is 4.21 Å². The first-order valence-corrected chi connectivity index (χ1v) is 11.1. The lowest BCUT2D eigenvalue weighted by atomic mass is 10.0. The third-order valence-corrected chi connectivity index (χ3v) is 7.18. The molecule has 0 fully saturated rings. The van der Waals surface area contributed by atoms with E-state index in [4.69, 9.17) is 17.3 Å². The number of rotatable bonds is 7. The maximum atomic E-state index is 13.4. The molecule has 1 aromatic heterocycles. The molecule has 3 N–H and O–H groups in total. The highest BCUT2D eigenvalue weighted by atomic mass is 35.5. The Morgan fingerprint density at radius 1 is 1.30 bits per heavy atom. The van der Waals surface area contributed by atoms with Gasteiger partial charge in [-0.3, -0.25) is 14.3 Å². The SMILES string of the molecule is CC(C)CC(N)C(=O)N=S(=O)(NC(=O)Cc1ccccc1)c1cc(Cl)cs1. The van der Waals surface area contributed by atoms with Gasteiger partial charge in [-0.2, -0.15) is 0 Å². The van der Waals surface area contributed by atoms with Crippen molar-refractivity contribution in [3.05, 3.63) is 52.4 Å². The topological polar surface area (TPSA) is 102 Å². The first-order chi connectivity index (χ1) is 12.7. The van der Waals surface area contributed by atoms with Crippen molar-refractivity contribution < 1.29 is 13.8 Å². The van der Waals surface area contributed by atoms with E-state index in [1.807, 2.05) is 19.9 Å². The van der Waals surface area contributed by atoms with Crippen LogP contribution in [0.5, 0.6) is 0 Å². The number of hydrogen-bond donors (Lipinski definition) is 2. The number of amides is 2. The average Bonchev–Trinajstić information content (AvgIpc) is 3.02. The molecule has 0 aliphatic heterocycles. The number of carbonyl (C=O) groups excluding carboxylic acids is 2. The molecule has 2 unspecified atom stereocenters. The summed E-state index contributed by atoms with van der Waals surface area (Å²) < 4.78 is 19.8. The van der Waals surface area contributed by atoms with E-state index in [0.29, 0.717) is 11.4 Å². The summed E-state index contributed by atoms with van der Waals surface area (Å²) in [5.74, 6) is -1.04. The van der Waals surface area contributed by atoms with Gasteiger partial charge in [0.25, 0.3) is 5.91 Å². The van der Waals surface area contributed by atoms with Crippen molar-refractivity contribution >= 4 is 44.7 Å². The molecule has 2 amide bonds. The largest absolute Gasteiger partial charge is 0.320 e. The average molecular weight is 428 g/mol. The van der Waals surface area contributed by atoms with Crippen molar-refractivity contribution in [3.63, 3.8) is 0 Å². The van der Waals surface area contributed by atoms with Gasteiger partial charge in [0.2, 0.25) is 5.91 Å². The monoisotopic (exact) mass is 427 g/mol. The lowest BCUT2D eigenvalue weighted by molar-refractivity contribution is -0.119. The molecule has 27 heavy (non-hydrogen) atoms. The quantitative estimate of drug-likeness (QED) is 0.706. The van der Waals surface area contributed by atoms with Gasteiger partial charge in [-0.1, -0.05) is 55.8 Å². The van der Waals surface area contributed by atoms with E-state index in [9.17, 15) is 13.8 Å². The molecule has 2 rings (SSSR count). The molecule has 0 bridgehead atoms. The molecule has 2 atom stereocenters. The Labute approximate surface area is 168 Å². The van der Waals surface area contributed by atoms with Crippen molar-refractivity contribution in [2.75, 3.05) is 0 Å². The Morgan fingerprint density at radius 2 is 1.96 bits per heavy atom. The van der Waals surface area contributed by atoms with Gasteiger partial charge in [-0.15, -0.1) is 15.7 Å². The second kappa shape index (κ2) is 9.45. The lowest BCUT2D eigenvalue weighted by Crippen LogP contribution is -2.35. The minimum absolute atomic E-state index is 0.0126. The summed E-state index contributed by atoms with van der Waals surface area (Å²) >= 11 is 6.99. The van der Waals surface area contributed by atoms with Gasteiger partial charge in [0.1, 0.15) is 4.21 Å². The summed E-state index contributed by atoms with van der Waals surface area (Å²) in [5, 5.41) is 1.92. The number of benzene rings is 1. The van der Waals surface area contributed by atoms with Crippen molar-refractivity contribution in [3.8, 4) is 0 Å². The molecule has 0 spiro atoms. The van der Waals surface area contributed by atoms with Crippen LogP contribution in [-0.2, 0) is 25.9 Å². The van der Waals surface area contributed by atoms with Crippen LogP contribution >= 0.6 is 22.9 Å². The van der Waals surface area contributed by atoms with E-state index < -0.39 is 27.8 Å². The van der Waals surface area contributed by atoms with Crippen LogP contribution in [0.3, 0.4) is 0 Å². The first-order valence-electron chi connectivity index (χ1n) is 8.35. The van der Waals surface area contributed by atoms with Gasteiger partial charge in [0.05, 0.1) is 17.5 Å². The van der Waals surface area contributed by atoms with Crippen LogP contribution in [0, 0.1) is 5.92 Å². The van der Waals surface area contributed by atoms with Gasteiger partial charge in [-0.05, 0) is 24.0 Å². The zero-order valence-corrected chi connectivity index (χ0v) is 17.4. The minimum Gasteiger partial charge on any atom is -0.320 e. The van der Waals surface area contributed by atoms with E-state index in [0.717, 1.165) is 16.9 Å². The van der Waals surface area contributed by atoms with E-state index in [1.54, 1.807) is 29.6 Å². The number of nitrogens with one attached hydrogen (secondary N) is 1. The van der Waals surface area contributed by atoms with E-state index in [2.05, 4.69) is 9.08 Å². The summed E-state index contributed by atoms with van der Waals surface area (Å²) in [6, 6.07) is 9.56. The first kappa shape index (κ1) is 21.6. The maximum Gasteiger partial charge on any atom is 0.272 e. The number of thiophene rings is 1. The van der Waals surface area contributed by atoms with Crippen molar-refractivity contribution in [2.24, 2.45) is 16.0 Å². The third-order valence-electron chi connectivity index (χ3n) is 3.54. The predicted molar refractivity (Wildman–Crippen MR) is 109 cm³/mol. The van der Waals surface area contributed by atoms with Crippen LogP contribution in [0.2, 0.25) is 5.02 Å². The number of carbonyl (C=O) groups is 2. The summed E-state index contributed by atoms with van der Waals surface area (Å²) in [7, 11) is -3.52. The van der Waals surface area contributed by atoms with Crippen LogP contribution in [0.4, 0.5) is 0 Å². The molecule has 6 nitrogen and oxygen atoms in total. The fourth-order valence-corrected chi connectivity index (χ4v) is 5.39. The van der Waals surface area contributed by atoms with Crippen LogP contribution in [0.25, 0.3) is 0 Å². The van der Waals surface area contributed by atoms with Crippen LogP contribution < -0.4 is 10.5 Å². The van der Waals surface area contributed by atoms with Gasteiger partial charge in [0, 0.05) is 5.38 Å². The minimum atomic E-state index is -3.52. The lowest BCUT2D eigenvalue weighted by Gasteiger charge is -2.13. The molecule has 0 radical (unpaired) electrons. The van der Waals surface area contributed by atoms with Crippen LogP contribution in [-0.4, -0.2) is 22.1 Å². The summed E-state index contributed by atoms with van der Waals surface area (Å²) in [5.41, 5.74) is 6.61. The molecule has 1 aromatic carbocycles. The Hall–Kier alpha value is -1.74. The van der Waals surface area contributed by atoms with Gasteiger partial charge < -0.3 is 5.73 Å². The Morgan fingerprint density at radius 3 is 2.52 bits per heavy atom. The second-order valence-electron chi connectivity index (χ2n) is 6.46. The molecule has 0 aliphatic carbocycles. The standard InChI is InChI=1S/C18H22ClN3O3S2/c1-12(2)8-15(20)18(24)22-27(25,17-10-14(19)11-26-17)21-16(23)9-13-6-4-3-5-7-13/h3-7,10-12,15H,8-9,20H2,1-2H3,(H,21,22,23,24,25). The van der Waals surface area contributed by atoms with Crippen molar-refractivity contribution in [1.82, 2.24) is 4.72 Å². The Balaban J connectivity index is 2.30. The highest BCUT2D eigenvalue weighted by Gasteiger charge is 2.23. The highest BCUT2D eigenvalue weighted by molar-refractivity contribution is 7.94. The van der Waals surface area contributed by atoms with Crippen LogP contribution in [0.15, 0.2) is 50.4 Å². The number of halogens is 1. The van der Waals surface area contributed by atoms with E-state index in [-0.39, 0.29) is 16.5 Å². The second-order valence-corrected chi connectivity index (χ2v) is 9.95. The molecule has 0 saturated carbocycles. The molecule has 0 saturated heterocycles. The van der Waals surface area contributed by atoms with Crippen LogP contribution in [0.1, 0.15) is 25.8 Å². The smallest absolute Gasteiger partial charge is 0.272 e. The number of nitrogens with zero attached hydrogens (tertiary/aromatic N) is 1. The maximum absolute atomic E-state index is 13.4. The number of nitrogens with two attached hydrogens (primary N) is 1. The van der Waals surface area contributed by atoms with Gasteiger partial charge >= 0.3 is 0 Å². The van der Waals surface area contributed by atoms with Gasteiger partial charge in [0.15, 0.2) is 9.92 Å². The molecular formula is C18H22ClN3O3S2. The predicted octanol–water partition coefficient (Wildman–Crippen LogP) is 3.40. The van der Waals surface area contributed by atoms with E-state index in [1.165, 1.54) is 6.07 Å². The summed E-state index contributed by atoms with van der Waals surface area (Å²) in [4.78, 5) is 24.8. The third kappa shape index (κ3) is 6.42. The fraction of sp³-hybridized carbons (Fsp3) is 0.333. The molecule has 1 heterocycles. The number of hydrogen-bond acceptors (Lipinski definition) is 5. The molecule has 2 aromatic rings. The normalized spacial score (nSPS) is 14.4. The van der Waals surface area contributed by atoms with E-state index >= 15 is 0 Å². The summed E-state index contributed by atoms with van der Waals surface area (Å²) in [6.45, 7) is 3.84.